The van der Waals surface area contributed by atoms with Gasteiger partial charge in [0.15, 0.2) is 0 Å². The molecular weight excluding hydrogens is 414 g/mol. The summed E-state index contributed by atoms with van der Waals surface area (Å²) in [5.74, 6) is 2.63. The van der Waals surface area contributed by atoms with Gasteiger partial charge in [-0.25, -0.2) is 4.99 Å². The topological polar surface area (TPSA) is 53.2 Å². The molecule has 0 aliphatic carbocycles. The van der Waals surface area contributed by atoms with E-state index in [9.17, 15) is 0 Å². The van der Waals surface area contributed by atoms with Gasteiger partial charge >= 0.3 is 0 Å². The van der Waals surface area contributed by atoms with Crippen LogP contribution in [0, 0.1) is 6.92 Å². The van der Waals surface area contributed by atoms with E-state index >= 15 is 0 Å². The molecule has 0 atom stereocenters. The zero-order valence-corrected chi connectivity index (χ0v) is 19.3. The van der Waals surface area contributed by atoms with Gasteiger partial charge in [-0.15, -0.1) is 0 Å². The Bertz CT molecular complexity index is 1270. The van der Waals surface area contributed by atoms with Crippen molar-refractivity contribution in [1.82, 2.24) is 0 Å². The highest BCUT2D eigenvalue weighted by molar-refractivity contribution is 5.80. The van der Waals surface area contributed by atoms with Crippen molar-refractivity contribution in [2.24, 2.45) is 4.99 Å². The second-order valence-corrected chi connectivity index (χ2v) is 7.49. The van der Waals surface area contributed by atoms with Crippen molar-refractivity contribution in [2.75, 3.05) is 20.8 Å². The van der Waals surface area contributed by atoms with Crippen LogP contribution in [0.25, 0.3) is 22.5 Å². The van der Waals surface area contributed by atoms with Crippen LogP contribution in [0.15, 0.2) is 88.3 Å². The van der Waals surface area contributed by atoms with Crippen LogP contribution in [0.5, 0.6) is 17.4 Å². The number of methoxy groups -OCH3 is 2. The third-order valence-electron chi connectivity index (χ3n) is 5.24. The second kappa shape index (κ2) is 10.1. The number of ether oxygens (including phenoxy) is 3. The number of rotatable bonds is 7. The van der Waals surface area contributed by atoms with Crippen LogP contribution in [0.1, 0.15) is 12.5 Å². The van der Waals surface area contributed by atoms with Gasteiger partial charge in [0.2, 0.25) is 0 Å². The standard InChI is InChI=1S/C28H27NO4/c1-5-32-26-18-25(29-22-12-6-19(2)7-13-22)27(20-8-14-23(30-3)15-9-20)28(33-26)21-10-16-24(31-4)17-11-21/h6-18H,5H2,1-4H3. The summed E-state index contributed by atoms with van der Waals surface area (Å²) in [6, 6.07) is 25.6. The van der Waals surface area contributed by atoms with Crippen molar-refractivity contribution < 1.29 is 18.6 Å². The minimum absolute atomic E-state index is 0.409. The number of aryl methyl sites for hydroxylation is 1. The zero-order chi connectivity index (χ0) is 23.2. The van der Waals surface area contributed by atoms with Crippen LogP contribution in [0.2, 0.25) is 0 Å². The molecule has 5 heteroatoms. The summed E-state index contributed by atoms with van der Waals surface area (Å²) < 4.78 is 22.7. The first kappa shape index (κ1) is 22.2. The molecule has 0 aliphatic heterocycles. The van der Waals surface area contributed by atoms with Gasteiger partial charge in [-0.3, -0.25) is 0 Å². The maximum atomic E-state index is 6.26. The SMILES string of the molecule is CCOc1cc(=Nc2ccc(C)cc2)c(-c2ccc(OC)cc2)c(-c2ccc(OC)cc2)o1. The van der Waals surface area contributed by atoms with E-state index in [0.29, 0.717) is 18.3 Å². The average molecular weight is 442 g/mol. The molecule has 0 amide bonds. The van der Waals surface area contributed by atoms with E-state index in [1.807, 2.05) is 85.8 Å². The number of hydrogen-bond donors (Lipinski definition) is 0. The van der Waals surface area contributed by atoms with Gasteiger partial charge in [0.1, 0.15) is 17.3 Å². The van der Waals surface area contributed by atoms with Crippen molar-refractivity contribution in [1.29, 1.82) is 0 Å². The van der Waals surface area contributed by atoms with Gasteiger partial charge < -0.3 is 18.6 Å². The van der Waals surface area contributed by atoms with Gasteiger partial charge in [0, 0.05) is 11.6 Å². The van der Waals surface area contributed by atoms with Gasteiger partial charge in [-0.2, -0.15) is 0 Å². The molecule has 4 aromatic rings. The van der Waals surface area contributed by atoms with Crippen LogP contribution in [0.3, 0.4) is 0 Å². The summed E-state index contributed by atoms with van der Waals surface area (Å²) >= 11 is 0. The Balaban J connectivity index is 2.01. The largest absolute Gasteiger partial charge is 0.497 e. The summed E-state index contributed by atoms with van der Waals surface area (Å²) in [6.45, 7) is 4.47. The molecule has 0 bridgehead atoms. The summed E-state index contributed by atoms with van der Waals surface area (Å²) in [5.41, 5.74) is 4.75. The molecule has 0 spiro atoms. The lowest BCUT2D eigenvalue weighted by atomic mass is 9.99. The summed E-state index contributed by atoms with van der Waals surface area (Å²) in [4.78, 5) is 4.97. The molecule has 0 radical (unpaired) electrons. The highest BCUT2D eigenvalue weighted by Gasteiger charge is 2.16. The Morgan fingerprint density at radius 3 is 1.88 bits per heavy atom. The molecule has 0 saturated heterocycles. The molecule has 33 heavy (non-hydrogen) atoms. The normalized spacial score (nSPS) is 11.3. The molecule has 0 unspecified atom stereocenters. The Morgan fingerprint density at radius 2 is 1.33 bits per heavy atom. The number of hydrogen-bond acceptors (Lipinski definition) is 5. The van der Waals surface area contributed by atoms with Gasteiger partial charge in [0.05, 0.1) is 37.4 Å². The number of benzene rings is 3. The molecular formula is C28H27NO4. The van der Waals surface area contributed by atoms with Crippen molar-refractivity contribution in [3.05, 3.63) is 89.8 Å². The Morgan fingerprint density at radius 1 is 0.758 bits per heavy atom. The molecule has 5 nitrogen and oxygen atoms in total. The highest BCUT2D eigenvalue weighted by atomic mass is 16.6. The lowest BCUT2D eigenvalue weighted by Crippen LogP contribution is -2.09. The van der Waals surface area contributed by atoms with Gasteiger partial charge in [-0.05, 0) is 67.9 Å². The van der Waals surface area contributed by atoms with Crippen LogP contribution >= 0.6 is 0 Å². The maximum absolute atomic E-state index is 6.26. The molecule has 0 aliphatic rings. The fourth-order valence-corrected chi connectivity index (χ4v) is 3.52. The van der Waals surface area contributed by atoms with E-state index in [1.54, 1.807) is 14.2 Å². The third kappa shape index (κ3) is 5.09. The van der Waals surface area contributed by atoms with E-state index in [1.165, 1.54) is 5.56 Å². The van der Waals surface area contributed by atoms with Crippen molar-refractivity contribution >= 4 is 5.69 Å². The second-order valence-electron chi connectivity index (χ2n) is 7.49. The highest BCUT2D eigenvalue weighted by Crippen LogP contribution is 2.34. The van der Waals surface area contributed by atoms with E-state index < -0.39 is 0 Å². The van der Waals surface area contributed by atoms with Crippen molar-refractivity contribution in [3.63, 3.8) is 0 Å². The predicted molar refractivity (Wildman–Crippen MR) is 130 cm³/mol. The third-order valence-corrected chi connectivity index (χ3v) is 5.24. The fraction of sp³-hybridized carbons (Fsp3) is 0.179. The van der Waals surface area contributed by atoms with Crippen molar-refractivity contribution in [3.8, 4) is 39.9 Å². The molecule has 0 N–H and O–H groups in total. The monoisotopic (exact) mass is 441 g/mol. The van der Waals surface area contributed by atoms with E-state index in [2.05, 4.69) is 6.92 Å². The first-order chi connectivity index (χ1) is 16.1. The fourth-order valence-electron chi connectivity index (χ4n) is 3.52. The lowest BCUT2D eigenvalue weighted by Gasteiger charge is -2.13. The van der Waals surface area contributed by atoms with E-state index in [0.717, 1.165) is 39.2 Å². The summed E-state index contributed by atoms with van der Waals surface area (Å²) in [5, 5.41) is 0.754. The molecule has 3 aromatic carbocycles. The predicted octanol–water partition coefficient (Wildman–Crippen LogP) is 6.57. The zero-order valence-electron chi connectivity index (χ0n) is 19.3. The van der Waals surface area contributed by atoms with E-state index in [-0.39, 0.29) is 0 Å². The van der Waals surface area contributed by atoms with Crippen LogP contribution in [-0.2, 0) is 0 Å². The summed E-state index contributed by atoms with van der Waals surface area (Å²) in [7, 11) is 3.30. The van der Waals surface area contributed by atoms with E-state index in [4.69, 9.17) is 23.6 Å². The van der Waals surface area contributed by atoms with Gasteiger partial charge in [0.25, 0.3) is 5.95 Å². The lowest BCUT2D eigenvalue weighted by molar-refractivity contribution is 0.254. The minimum Gasteiger partial charge on any atom is -0.497 e. The van der Waals surface area contributed by atoms with Gasteiger partial charge in [-0.1, -0.05) is 29.8 Å². The summed E-state index contributed by atoms with van der Waals surface area (Å²) in [6.07, 6.45) is 0. The molecule has 168 valence electrons. The van der Waals surface area contributed by atoms with Crippen LogP contribution < -0.4 is 19.6 Å². The van der Waals surface area contributed by atoms with Crippen LogP contribution in [0.4, 0.5) is 5.69 Å². The molecule has 1 aromatic heterocycles. The molecule has 4 rings (SSSR count). The van der Waals surface area contributed by atoms with Crippen molar-refractivity contribution in [2.45, 2.75) is 13.8 Å². The quantitative estimate of drug-likeness (QED) is 0.325. The molecule has 0 saturated carbocycles. The Hall–Kier alpha value is -3.99. The maximum Gasteiger partial charge on any atom is 0.286 e. The van der Waals surface area contributed by atoms with Crippen LogP contribution in [-0.4, -0.2) is 20.8 Å². The first-order valence-corrected chi connectivity index (χ1v) is 10.8. The minimum atomic E-state index is 0.409. The molecule has 1 heterocycles. The molecule has 0 fully saturated rings. The Labute approximate surface area is 193 Å². The average Bonchev–Trinajstić information content (AvgIpc) is 2.85. The number of nitrogens with zero attached hydrogens (tertiary/aromatic N) is 1. The Kier molecular flexibility index (Phi) is 6.79. The smallest absolute Gasteiger partial charge is 0.286 e. The first-order valence-electron chi connectivity index (χ1n) is 10.8.